The minimum absolute atomic E-state index is 0.0527. The van der Waals surface area contributed by atoms with Crippen LogP contribution in [0.15, 0.2) is 11.1 Å². The van der Waals surface area contributed by atoms with E-state index in [9.17, 15) is 9.59 Å². The van der Waals surface area contributed by atoms with Crippen molar-refractivity contribution in [2.75, 3.05) is 0 Å². The summed E-state index contributed by atoms with van der Waals surface area (Å²) in [6.45, 7) is 6.46. The van der Waals surface area contributed by atoms with Crippen molar-refractivity contribution >= 4 is 19.6 Å². The highest BCUT2D eigenvalue weighted by Gasteiger charge is 2.14. The van der Waals surface area contributed by atoms with E-state index >= 15 is 0 Å². The van der Waals surface area contributed by atoms with E-state index in [1.165, 1.54) is 6.33 Å². The fraction of sp³-hybridized carbons (Fsp3) is 0.364. The quantitative estimate of drug-likeness (QED) is 0.579. The lowest BCUT2D eigenvalue weighted by Gasteiger charge is -2.03. The molecule has 2 aromatic heterocycles. The second kappa shape index (κ2) is 4.90. The molecule has 0 saturated heterocycles. The lowest BCUT2D eigenvalue weighted by molar-refractivity contribution is 0.0997. The van der Waals surface area contributed by atoms with Gasteiger partial charge in [0.1, 0.15) is 20.9 Å². The summed E-state index contributed by atoms with van der Waals surface area (Å²) in [6, 6.07) is 0. The van der Waals surface area contributed by atoms with Crippen molar-refractivity contribution in [3.05, 3.63) is 22.5 Å². The Balaban J connectivity index is 2.43. The van der Waals surface area contributed by atoms with Crippen LogP contribution in [0.1, 0.15) is 10.5 Å². The summed E-state index contributed by atoms with van der Waals surface area (Å²) in [5, 5.41) is 7.53. The van der Waals surface area contributed by atoms with Gasteiger partial charge < -0.3 is 5.73 Å². The second-order valence-corrected chi connectivity index (χ2v) is 9.98. The number of nitrogens with zero attached hydrogens (tertiary/aromatic N) is 5. The van der Waals surface area contributed by atoms with Gasteiger partial charge in [0.25, 0.3) is 5.91 Å². The maximum Gasteiger partial charge on any atom is 0.353 e. The van der Waals surface area contributed by atoms with E-state index in [1.807, 2.05) is 0 Å². The molecule has 2 N–H and O–H groups in total. The first-order valence-electron chi connectivity index (χ1n) is 5.90. The summed E-state index contributed by atoms with van der Waals surface area (Å²) >= 11 is 0. The zero-order valence-electron chi connectivity index (χ0n) is 11.4. The largest absolute Gasteiger partial charge is 0.364 e. The fourth-order valence-electron chi connectivity index (χ4n) is 1.49. The standard InChI is InChI=1S/C11H14N6O2Si/c1-20(2,3)6-4-5-17-11(19)16-7-13-8(9(12)18)10(16)14-15-17/h7H,5H2,1-3H3,(H2,12,18). The van der Waals surface area contributed by atoms with E-state index in [-0.39, 0.29) is 17.9 Å². The molecule has 0 bridgehead atoms. The van der Waals surface area contributed by atoms with Gasteiger partial charge in [-0.25, -0.2) is 14.2 Å². The molecule has 1 amide bonds. The summed E-state index contributed by atoms with van der Waals surface area (Å²) in [7, 11) is -1.50. The normalized spacial score (nSPS) is 11.2. The number of primary amides is 1. The highest BCUT2D eigenvalue weighted by Crippen LogP contribution is 2.00. The van der Waals surface area contributed by atoms with Crippen molar-refractivity contribution in [1.82, 2.24) is 24.4 Å². The van der Waals surface area contributed by atoms with Crippen molar-refractivity contribution in [2.24, 2.45) is 5.73 Å². The van der Waals surface area contributed by atoms with E-state index in [2.05, 4.69) is 46.4 Å². The zero-order chi connectivity index (χ0) is 14.9. The number of nitrogens with two attached hydrogens (primary N) is 1. The SMILES string of the molecule is C[Si](C)(C)C#CCn1nnc2c(C(N)=O)ncn2c1=O. The lowest BCUT2D eigenvalue weighted by atomic mass is 10.4. The number of aromatic nitrogens is 5. The van der Waals surface area contributed by atoms with Crippen LogP contribution in [0.4, 0.5) is 0 Å². The fourth-order valence-corrected chi connectivity index (χ4v) is 2.10. The Hall–Kier alpha value is -2.47. The molecule has 0 aromatic carbocycles. The molecule has 104 valence electrons. The van der Waals surface area contributed by atoms with E-state index in [0.29, 0.717) is 0 Å². The molecule has 20 heavy (non-hydrogen) atoms. The molecule has 0 spiro atoms. The Labute approximate surface area is 115 Å². The molecule has 0 aliphatic heterocycles. The van der Waals surface area contributed by atoms with Crippen molar-refractivity contribution in [3.8, 4) is 11.5 Å². The summed E-state index contributed by atoms with van der Waals surface area (Å²) < 4.78 is 2.25. The van der Waals surface area contributed by atoms with Gasteiger partial charge in [-0.3, -0.25) is 4.79 Å². The zero-order valence-corrected chi connectivity index (χ0v) is 12.4. The Morgan fingerprint density at radius 2 is 2.15 bits per heavy atom. The Kier molecular flexibility index (Phi) is 3.41. The van der Waals surface area contributed by atoms with Gasteiger partial charge in [-0.2, -0.15) is 4.68 Å². The summed E-state index contributed by atoms with van der Waals surface area (Å²) in [5.74, 6) is 2.17. The van der Waals surface area contributed by atoms with Crippen molar-refractivity contribution in [2.45, 2.75) is 26.2 Å². The summed E-state index contributed by atoms with van der Waals surface area (Å²) in [6.07, 6.45) is 1.20. The molecule has 2 rings (SSSR count). The number of fused-ring (bicyclic) bond motifs is 1. The van der Waals surface area contributed by atoms with E-state index < -0.39 is 19.7 Å². The molecule has 9 heteroatoms. The van der Waals surface area contributed by atoms with Crippen LogP contribution in [0, 0.1) is 11.5 Å². The Bertz CT molecular complexity index is 789. The smallest absolute Gasteiger partial charge is 0.353 e. The summed E-state index contributed by atoms with van der Waals surface area (Å²) in [4.78, 5) is 27.0. The highest BCUT2D eigenvalue weighted by molar-refractivity contribution is 6.83. The van der Waals surface area contributed by atoms with Crippen LogP contribution in [-0.2, 0) is 6.54 Å². The van der Waals surface area contributed by atoms with Crippen LogP contribution >= 0.6 is 0 Å². The van der Waals surface area contributed by atoms with Gasteiger partial charge in [-0.1, -0.05) is 30.8 Å². The number of hydrogen-bond donors (Lipinski definition) is 1. The number of carbonyl (C=O) groups excluding carboxylic acids is 1. The third-order valence-electron chi connectivity index (χ3n) is 2.34. The average molecular weight is 290 g/mol. The van der Waals surface area contributed by atoms with Crippen molar-refractivity contribution in [3.63, 3.8) is 0 Å². The van der Waals surface area contributed by atoms with Crippen LogP contribution < -0.4 is 11.4 Å². The summed E-state index contributed by atoms with van der Waals surface area (Å²) in [5.41, 5.74) is 7.78. The van der Waals surface area contributed by atoms with Crippen LogP contribution in [-0.4, -0.2) is 38.4 Å². The van der Waals surface area contributed by atoms with E-state index in [0.717, 1.165) is 9.08 Å². The van der Waals surface area contributed by atoms with E-state index in [1.54, 1.807) is 0 Å². The Morgan fingerprint density at radius 3 is 2.75 bits per heavy atom. The molecule has 0 saturated carbocycles. The average Bonchev–Trinajstić information content (AvgIpc) is 2.75. The first-order valence-corrected chi connectivity index (χ1v) is 9.40. The number of rotatable bonds is 2. The number of hydrogen-bond acceptors (Lipinski definition) is 5. The molecule has 0 fully saturated rings. The first-order chi connectivity index (χ1) is 9.29. The van der Waals surface area contributed by atoms with Crippen LogP contribution in [0.25, 0.3) is 5.65 Å². The van der Waals surface area contributed by atoms with Gasteiger partial charge in [0, 0.05) is 0 Å². The molecular weight excluding hydrogens is 276 g/mol. The molecule has 2 aromatic rings. The predicted molar refractivity (Wildman–Crippen MR) is 74.7 cm³/mol. The van der Waals surface area contributed by atoms with Gasteiger partial charge in [-0.15, -0.1) is 10.6 Å². The Morgan fingerprint density at radius 1 is 1.45 bits per heavy atom. The van der Waals surface area contributed by atoms with E-state index in [4.69, 9.17) is 5.73 Å². The number of imidazole rings is 1. The third kappa shape index (κ3) is 2.75. The highest BCUT2D eigenvalue weighted by atomic mass is 28.3. The van der Waals surface area contributed by atoms with Crippen LogP contribution in [0.3, 0.4) is 0 Å². The van der Waals surface area contributed by atoms with Gasteiger partial charge in [0.05, 0.1) is 0 Å². The monoisotopic (exact) mass is 290 g/mol. The molecule has 0 atom stereocenters. The van der Waals surface area contributed by atoms with Crippen molar-refractivity contribution in [1.29, 1.82) is 0 Å². The van der Waals surface area contributed by atoms with Gasteiger partial charge in [0.2, 0.25) is 0 Å². The van der Waals surface area contributed by atoms with Crippen LogP contribution in [0.5, 0.6) is 0 Å². The van der Waals surface area contributed by atoms with Gasteiger partial charge in [-0.05, 0) is 0 Å². The molecular formula is C11H14N6O2Si. The molecule has 0 aliphatic carbocycles. The maximum atomic E-state index is 12.1. The molecule has 2 heterocycles. The topological polar surface area (TPSA) is 108 Å². The van der Waals surface area contributed by atoms with Crippen molar-refractivity contribution < 1.29 is 4.79 Å². The first kappa shape index (κ1) is 13.9. The second-order valence-electron chi connectivity index (χ2n) is 5.23. The minimum atomic E-state index is -1.50. The maximum absolute atomic E-state index is 12.1. The number of carbonyl (C=O) groups is 1. The number of amides is 1. The molecule has 0 unspecified atom stereocenters. The van der Waals surface area contributed by atoms with Gasteiger partial charge in [0.15, 0.2) is 11.3 Å². The molecule has 0 aliphatic rings. The van der Waals surface area contributed by atoms with Gasteiger partial charge >= 0.3 is 5.69 Å². The predicted octanol–water partition coefficient (Wildman–Crippen LogP) is -0.734. The van der Waals surface area contributed by atoms with Crippen LogP contribution in [0.2, 0.25) is 19.6 Å². The lowest BCUT2D eigenvalue weighted by Crippen LogP contribution is -2.30. The molecule has 8 nitrogen and oxygen atoms in total. The minimum Gasteiger partial charge on any atom is -0.364 e. The molecule has 0 radical (unpaired) electrons. The third-order valence-corrected chi connectivity index (χ3v) is 3.27.